The van der Waals surface area contributed by atoms with Gasteiger partial charge in [-0.2, -0.15) is 32.6 Å². The number of halogens is 3. The van der Waals surface area contributed by atoms with Crippen molar-refractivity contribution >= 4 is 29.5 Å². The fourth-order valence-corrected chi connectivity index (χ4v) is 6.11. The SMILES string of the molecule is Nc1nc(N2CCC[C@H]2C(=O)N2CCN(C(=O)C3(C(F)(F)F)CCCCC3)CC2)nc2nc(-c3ccco3)nn12. The minimum Gasteiger partial charge on any atom is -0.461 e. The van der Waals surface area contributed by atoms with Crippen molar-refractivity contribution in [2.75, 3.05) is 43.4 Å². The van der Waals surface area contributed by atoms with E-state index < -0.39 is 23.5 Å². The highest BCUT2D eigenvalue weighted by atomic mass is 19.4. The summed E-state index contributed by atoms with van der Waals surface area (Å²) in [5.41, 5.74) is 3.83. The molecule has 1 aliphatic carbocycles. The Morgan fingerprint density at radius 3 is 2.38 bits per heavy atom. The summed E-state index contributed by atoms with van der Waals surface area (Å²) < 4.78 is 48.8. The van der Waals surface area contributed by atoms with Gasteiger partial charge in [-0.1, -0.05) is 19.3 Å². The molecule has 2 N–H and O–H groups in total. The molecule has 214 valence electrons. The predicted octanol–water partition coefficient (Wildman–Crippen LogP) is 2.51. The normalized spacial score (nSPS) is 21.8. The van der Waals surface area contributed by atoms with E-state index in [9.17, 15) is 22.8 Å². The molecule has 2 saturated heterocycles. The lowest BCUT2D eigenvalue weighted by Gasteiger charge is -2.44. The zero-order valence-corrected chi connectivity index (χ0v) is 21.8. The molecule has 0 bridgehead atoms. The predicted molar refractivity (Wildman–Crippen MR) is 136 cm³/mol. The Labute approximate surface area is 227 Å². The molecule has 3 fully saturated rings. The van der Waals surface area contributed by atoms with Crippen LogP contribution >= 0.6 is 0 Å². The molecule has 2 aliphatic heterocycles. The maximum atomic E-state index is 14.1. The number of fused-ring (bicyclic) bond motifs is 1. The van der Waals surface area contributed by atoms with Gasteiger partial charge >= 0.3 is 6.18 Å². The van der Waals surface area contributed by atoms with Crippen molar-refractivity contribution in [3.63, 3.8) is 0 Å². The highest BCUT2D eigenvalue weighted by molar-refractivity contribution is 5.87. The Morgan fingerprint density at radius 1 is 0.975 bits per heavy atom. The van der Waals surface area contributed by atoms with Crippen molar-refractivity contribution in [2.24, 2.45) is 5.41 Å². The first-order valence-corrected chi connectivity index (χ1v) is 13.5. The fourth-order valence-electron chi connectivity index (χ4n) is 6.11. The summed E-state index contributed by atoms with van der Waals surface area (Å²) >= 11 is 0. The third-order valence-corrected chi connectivity index (χ3v) is 8.30. The number of anilines is 2. The zero-order chi connectivity index (χ0) is 28.1. The first kappa shape index (κ1) is 26.3. The van der Waals surface area contributed by atoms with Crippen molar-refractivity contribution in [3.8, 4) is 11.6 Å². The van der Waals surface area contributed by atoms with Gasteiger partial charge in [-0.15, -0.1) is 5.10 Å². The van der Waals surface area contributed by atoms with Crippen molar-refractivity contribution < 1.29 is 27.2 Å². The number of nitrogens with zero attached hydrogens (tertiary/aromatic N) is 8. The topological polar surface area (TPSA) is 139 Å². The first-order valence-electron chi connectivity index (χ1n) is 13.5. The molecule has 0 unspecified atom stereocenters. The van der Waals surface area contributed by atoms with Crippen LogP contribution in [0.15, 0.2) is 22.8 Å². The quantitative estimate of drug-likeness (QED) is 0.509. The Hall–Kier alpha value is -3.91. The van der Waals surface area contributed by atoms with Crippen LogP contribution in [-0.2, 0) is 9.59 Å². The number of nitrogens with two attached hydrogens (primary N) is 1. The number of furan rings is 1. The Balaban J connectivity index is 1.15. The van der Waals surface area contributed by atoms with E-state index in [0.29, 0.717) is 43.8 Å². The second kappa shape index (κ2) is 9.93. The number of amides is 2. The van der Waals surface area contributed by atoms with Crippen LogP contribution < -0.4 is 10.6 Å². The first-order chi connectivity index (χ1) is 19.2. The van der Waals surface area contributed by atoms with E-state index in [0.717, 1.165) is 6.42 Å². The van der Waals surface area contributed by atoms with E-state index in [1.165, 1.54) is 15.7 Å². The van der Waals surface area contributed by atoms with Crippen LogP contribution in [-0.4, -0.2) is 91.1 Å². The third kappa shape index (κ3) is 4.40. The summed E-state index contributed by atoms with van der Waals surface area (Å²) in [6.45, 7) is 1.00. The molecular weight excluding hydrogens is 531 g/mol. The standard InChI is InChI=1S/C25H30F3N9O3/c26-25(27,28)24(8-2-1-3-9-24)20(39)35-13-11-34(12-14-35)19(38)16-6-4-10-36(16)22-31-21(29)37-23(32-22)30-18(33-37)17-7-5-15-40-17/h5,7,15-16H,1-4,6,8-14H2,(H2,29,30,31,32,33)/t16-/m0/s1. The number of piperazine rings is 1. The van der Waals surface area contributed by atoms with Crippen LogP contribution in [0.4, 0.5) is 25.1 Å². The third-order valence-electron chi connectivity index (χ3n) is 8.30. The van der Waals surface area contributed by atoms with Gasteiger partial charge in [0.25, 0.3) is 5.78 Å². The summed E-state index contributed by atoms with van der Waals surface area (Å²) in [7, 11) is 0. The molecule has 1 saturated carbocycles. The molecule has 5 heterocycles. The molecule has 1 atom stereocenters. The zero-order valence-electron chi connectivity index (χ0n) is 21.8. The molecule has 3 aromatic rings. The van der Waals surface area contributed by atoms with E-state index in [1.54, 1.807) is 21.9 Å². The molecule has 6 rings (SSSR count). The molecule has 40 heavy (non-hydrogen) atoms. The molecule has 12 nitrogen and oxygen atoms in total. The molecule has 0 spiro atoms. The second-order valence-corrected chi connectivity index (χ2v) is 10.6. The minimum absolute atomic E-state index is 0.0526. The molecule has 0 aromatic carbocycles. The number of alkyl halides is 3. The molecule has 3 aliphatic rings. The molecular formula is C25H30F3N9O3. The van der Waals surface area contributed by atoms with Gasteiger partial charge in [0.2, 0.25) is 29.5 Å². The van der Waals surface area contributed by atoms with Crippen LogP contribution in [0.3, 0.4) is 0 Å². The largest absolute Gasteiger partial charge is 0.461 e. The van der Waals surface area contributed by atoms with Gasteiger partial charge in [-0.3, -0.25) is 9.59 Å². The summed E-state index contributed by atoms with van der Waals surface area (Å²) in [4.78, 5) is 44.6. The maximum absolute atomic E-state index is 14.1. The molecule has 2 amide bonds. The van der Waals surface area contributed by atoms with Crippen molar-refractivity contribution in [1.29, 1.82) is 0 Å². The summed E-state index contributed by atoms with van der Waals surface area (Å²) in [5.74, 6) is 0.226. The number of carbonyl (C=O) groups is 2. The lowest BCUT2D eigenvalue weighted by molar-refractivity contribution is -0.236. The number of rotatable bonds is 4. The van der Waals surface area contributed by atoms with E-state index in [-0.39, 0.29) is 62.6 Å². The van der Waals surface area contributed by atoms with E-state index in [4.69, 9.17) is 10.2 Å². The molecule has 15 heteroatoms. The average molecular weight is 562 g/mol. The Bertz CT molecular complexity index is 1390. The Kier molecular flexibility index (Phi) is 6.53. The molecule has 0 radical (unpaired) electrons. The van der Waals surface area contributed by atoms with Crippen molar-refractivity contribution in [2.45, 2.75) is 57.2 Å². The maximum Gasteiger partial charge on any atom is 0.403 e. The van der Waals surface area contributed by atoms with Gasteiger partial charge < -0.3 is 24.9 Å². The van der Waals surface area contributed by atoms with Gasteiger partial charge in [0.05, 0.1) is 6.26 Å². The highest BCUT2D eigenvalue weighted by Gasteiger charge is 2.61. The van der Waals surface area contributed by atoms with Crippen molar-refractivity contribution in [3.05, 3.63) is 18.4 Å². The highest BCUT2D eigenvalue weighted by Crippen LogP contribution is 2.50. The number of hydrogen-bond acceptors (Lipinski definition) is 9. The number of hydrogen-bond donors (Lipinski definition) is 1. The monoisotopic (exact) mass is 561 g/mol. The fraction of sp³-hybridized carbons (Fsp3) is 0.600. The number of aromatic nitrogens is 5. The van der Waals surface area contributed by atoms with E-state index >= 15 is 0 Å². The van der Waals surface area contributed by atoms with Gasteiger partial charge in [-0.25, -0.2) is 0 Å². The summed E-state index contributed by atoms with van der Waals surface area (Å²) in [5, 5.41) is 4.29. The van der Waals surface area contributed by atoms with E-state index in [2.05, 4.69) is 20.1 Å². The lowest BCUT2D eigenvalue weighted by atomic mass is 9.72. The van der Waals surface area contributed by atoms with Gasteiger partial charge in [-0.05, 0) is 37.8 Å². The van der Waals surface area contributed by atoms with Gasteiger partial charge in [0.1, 0.15) is 11.5 Å². The van der Waals surface area contributed by atoms with Crippen LogP contribution in [0.5, 0.6) is 0 Å². The smallest absolute Gasteiger partial charge is 0.403 e. The number of carbonyl (C=O) groups excluding carboxylic acids is 2. The van der Waals surface area contributed by atoms with Gasteiger partial charge in [0.15, 0.2) is 5.76 Å². The lowest BCUT2D eigenvalue weighted by Crippen LogP contribution is -2.59. The molecule has 3 aromatic heterocycles. The summed E-state index contributed by atoms with van der Waals surface area (Å²) in [6.07, 6.45) is -0.666. The van der Waals surface area contributed by atoms with Crippen LogP contribution in [0.2, 0.25) is 0 Å². The van der Waals surface area contributed by atoms with Gasteiger partial charge in [0, 0.05) is 32.7 Å². The average Bonchev–Trinajstić information content (AvgIpc) is 3.73. The van der Waals surface area contributed by atoms with E-state index in [1.807, 2.05) is 0 Å². The Morgan fingerprint density at radius 2 is 1.70 bits per heavy atom. The minimum atomic E-state index is -4.59. The van der Waals surface area contributed by atoms with Crippen molar-refractivity contribution in [1.82, 2.24) is 34.4 Å². The van der Waals surface area contributed by atoms with Crippen LogP contribution in [0, 0.1) is 5.41 Å². The van der Waals surface area contributed by atoms with Crippen LogP contribution in [0.1, 0.15) is 44.9 Å². The second-order valence-electron chi connectivity index (χ2n) is 10.6. The summed E-state index contributed by atoms with van der Waals surface area (Å²) in [6, 6.07) is 2.86. The number of nitrogen functional groups attached to an aromatic ring is 1. The van der Waals surface area contributed by atoms with Crippen LogP contribution in [0.25, 0.3) is 17.4 Å².